The Morgan fingerprint density at radius 3 is 2.18 bits per heavy atom. The molecule has 2 atom stereocenters. The second-order valence-electron chi connectivity index (χ2n) is 10.3. The van der Waals surface area contributed by atoms with Crippen molar-refractivity contribution in [3.05, 3.63) is 116 Å². The Balaban J connectivity index is 1.51. The first-order chi connectivity index (χ1) is 18.9. The van der Waals surface area contributed by atoms with Gasteiger partial charge < -0.3 is 4.42 Å². The van der Waals surface area contributed by atoms with Crippen molar-refractivity contribution in [2.75, 3.05) is 4.90 Å². The van der Waals surface area contributed by atoms with Gasteiger partial charge in [0.2, 0.25) is 17.7 Å². The SMILES string of the molecule is Cc1oc(N=CC23c4ccccc4C(c4ccccc42)[C@H]2C(=O)N(c4ccc(Br)cc4)C(=O)[C@H]23)c(C#N)c1C. The van der Waals surface area contributed by atoms with E-state index in [2.05, 4.69) is 34.1 Å². The second kappa shape index (κ2) is 8.36. The van der Waals surface area contributed by atoms with Gasteiger partial charge in [-0.05, 0) is 60.4 Å². The quantitative estimate of drug-likeness (QED) is 0.206. The highest BCUT2D eigenvalue weighted by Crippen LogP contribution is 2.63. The van der Waals surface area contributed by atoms with Crippen LogP contribution in [-0.2, 0) is 15.0 Å². The zero-order valence-corrected chi connectivity index (χ0v) is 22.8. The van der Waals surface area contributed by atoms with Crippen molar-refractivity contribution in [1.29, 1.82) is 5.26 Å². The highest BCUT2D eigenvalue weighted by molar-refractivity contribution is 9.10. The fourth-order valence-electron chi connectivity index (χ4n) is 6.89. The first-order valence-corrected chi connectivity index (χ1v) is 13.5. The summed E-state index contributed by atoms with van der Waals surface area (Å²) in [5, 5.41) is 9.81. The maximum Gasteiger partial charge on any atom is 0.239 e. The maximum atomic E-state index is 14.4. The van der Waals surface area contributed by atoms with Crippen LogP contribution in [0.4, 0.5) is 11.6 Å². The van der Waals surface area contributed by atoms with E-state index < -0.39 is 17.3 Å². The third-order valence-corrected chi connectivity index (χ3v) is 9.16. The van der Waals surface area contributed by atoms with Crippen LogP contribution in [0.1, 0.15) is 45.1 Å². The van der Waals surface area contributed by atoms with Crippen molar-refractivity contribution < 1.29 is 14.0 Å². The molecule has 7 heteroatoms. The van der Waals surface area contributed by atoms with Crippen LogP contribution < -0.4 is 4.90 Å². The molecule has 2 amide bonds. The maximum absolute atomic E-state index is 14.4. The van der Waals surface area contributed by atoms with Crippen LogP contribution >= 0.6 is 15.9 Å². The van der Waals surface area contributed by atoms with E-state index in [-0.39, 0.29) is 23.6 Å². The number of carbonyl (C=O) groups excluding carboxylic acids is 2. The number of halogens is 1. The number of nitriles is 1. The third-order valence-electron chi connectivity index (χ3n) is 8.63. The Morgan fingerprint density at radius 2 is 1.56 bits per heavy atom. The number of rotatable bonds is 3. The van der Waals surface area contributed by atoms with Crippen LogP contribution in [0, 0.1) is 37.0 Å². The summed E-state index contributed by atoms with van der Waals surface area (Å²) in [4.78, 5) is 34.7. The smallest absolute Gasteiger partial charge is 0.239 e. The van der Waals surface area contributed by atoms with Gasteiger partial charge >= 0.3 is 0 Å². The number of hydrogen-bond acceptors (Lipinski definition) is 5. The molecule has 3 aromatic carbocycles. The van der Waals surface area contributed by atoms with Crippen LogP contribution in [0.2, 0.25) is 0 Å². The van der Waals surface area contributed by atoms with Crippen molar-refractivity contribution in [1.82, 2.24) is 0 Å². The van der Waals surface area contributed by atoms with Gasteiger partial charge in [-0.2, -0.15) is 5.26 Å². The summed E-state index contributed by atoms with van der Waals surface area (Å²) in [6.45, 7) is 3.63. The van der Waals surface area contributed by atoms with E-state index in [4.69, 9.17) is 9.41 Å². The number of benzene rings is 3. The van der Waals surface area contributed by atoms with Crippen molar-refractivity contribution in [2.45, 2.75) is 25.2 Å². The monoisotopic (exact) mass is 575 g/mol. The fraction of sp³-hybridized carbons (Fsp3) is 0.188. The van der Waals surface area contributed by atoms with Crippen molar-refractivity contribution in [3.63, 3.8) is 0 Å². The van der Waals surface area contributed by atoms with Gasteiger partial charge in [-0.3, -0.25) is 9.59 Å². The fourth-order valence-corrected chi connectivity index (χ4v) is 7.15. The molecule has 1 aromatic heterocycles. The molecule has 2 heterocycles. The summed E-state index contributed by atoms with van der Waals surface area (Å²) in [7, 11) is 0. The van der Waals surface area contributed by atoms with Gasteiger partial charge in [-0.15, -0.1) is 0 Å². The number of anilines is 1. The molecule has 8 rings (SSSR count). The molecule has 4 aliphatic rings. The first kappa shape index (κ1) is 23.8. The number of imide groups is 1. The Kier molecular flexibility index (Phi) is 5.10. The second-order valence-corrected chi connectivity index (χ2v) is 11.3. The molecule has 3 aliphatic carbocycles. The molecule has 6 nitrogen and oxygen atoms in total. The standard InChI is InChI=1S/C32H22BrN3O3/c1-17-18(2)39-29(23(17)15-34)35-16-32-24-9-5-3-7-21(24)26(22-8-4-6-10-25(22)32)27-28(32)31(38)36(30(27)37)20-13-11-19(33)12-14-20/h3-14,16,26-28H,1-2H3/t26?,27-,28+,32?/m1/s1. The van der Waals surface area contributed by atoms with Crippen LogP contribution in [0.25, 0.3) is 0 Å². The molecule has 2 bridgehead atoms. The number of amides is 2. The van der Waals surface area contributed by atoms with Gasteiger partial charge in [0, 0.05) is 22.2 Å². The third kappa shape index (κ3) is 3.04. The lowest BCUT2D eigenvalue weighted by Crippen LogP contribution is -2.54. The lowest BCUT2D eigenvalue weighted by molar-refractivity contribution is -0.122. The summed E-state index contributed by atoms with van der Waals surface area (Å²) in [6.07, 6.45) is 1.76. The Labute approximate surface area is 233 Å². The normalized spacial score (nSPS) is 24.6. The summed E-state index contributed by atoms with van der Waals surface area (Å²) < 4.78 is 6.74. The molecule has 0 N–H and O–H groups in total. The van der Waals surface area contributed by atoms with E-state index in [1.165, 1.54) is 4.90 Å². The zero-order valence-electron chi connectivity index (χ0n) is 21.2. The number of carbonyl (C=O) groups is 2. The van der Waals surface area contributed by atoms with E-state index in [0.717, 1.165) is 32.3 Å². The summed E-state index contributed by atoms with van der Waals surface area (Å²) in [5.41, 5.74) is 4.59. The minimum absolute atomic E-state index is 0.207. The van der Waals surface area contributed by atoms with E-state index in [1.807, 2.05) is 55.5 Å². The van der Waals surface area contributed by atoms with E-state index in [1.54, 1.807) is 25.3 Å². The molecule has 0 unspecified atom stereocenters. The van der Waals surface area contributed by atoms with Gasteiger partial charge in [0.05, 0.1) is 22.9 Å². The minimum atomic E-state index is -1.02. The highest BCUT2D eigenvalue weighted by atomic mass is 79.9. The molecular weight excluding hydrogens is 554 g/mol. The van der Waals surface area contributed by atoms with Gasteiger partial charge in [0.25, 0.3) is 0 Å². The van der Waals surface area contributed by atoms with E-state index >= 15 is 0 Å². The van der Waals surface area contributed by atoms with E-state index in [9.17, 15) is 14.9 Å². The number of nitrogens with zero attached hydrogens (tertiary/aromatic N) is 3. The lowest BCUT2D eigenvalue weighted by atomic mass is 9.47. The minimum Gasteiger partial charge on any atom is -0.442 e. The number of aryl methyl sites for hydroxylation is 1. The van der Waals surface area contributed by atoms with Crippen LogP contribution in [0.15, 0.2) is 86.7 Å². The van der Waals surface area contributed by atoms with Gasteiger partial charge in [0.1, 0.15) is 17.4 Å². The van der Waals surface area contributed by atoms with Crippen molar-refractivity contribution in [3.8, 4) is 6.07 Å². The number of aliphatic imine (C=N–C) groups is 1. The molecular formula is C32H22BrN3O3. The average Bonchev–Trinajstić information content (AvgIpc) is 3.39. The van der Waals surface area contributed by atoms with Crippen LogP contribution in [0.3, 0.4) is 0 Å². The first-order valence-electron chi connectivity index (χ1n) is 12.8. The Morgan fingerprint density at radius 1 is 0.949 bits per heavy atom. The molecule has 0 saturated carbocycles. The summed E-state index contributed by atoms with van der Waals surface area (Å²) in [5.74, 6) is -1.17. The molecule has 0 radical (unpaired) electrons. The summed E-state index contributed by atoms with van der Waals surface area (Å²) >= 11 is 3.45. The lowest BCUT2D eigenvalue weighted by Gasteiger charge is -2.52. The zero-order chi connectivity index (χ0) is 27.1. The molecule has 1 fully saturated rings. The molecule has 39 heavy (non-hydrogen) atoms. The average molecular weight is 576 g/mol. The van der Waals surface area contributed by atoms with Gasteiger partial charge in [0.15, 0.2) is 0 Å². The topological polar surface area (TPSA) is 86.7 Å². The molecule has 190 valence electrons. The molecule has 4 aromatic rings. The van der Waals surface area contributed by atoms with E-state index in [0.29, 0.717) is 17.0 Å². The molecule has 0 spiro atoms. The molecule has 1 aliphatic heterocycles. The van der Waals surface area contributed by atoms with Crippen LogP contribution in [0.5, 0.6) is 0 Å². The van der Waals surface area contributed by atoms with Crippen molar-refractivity contribution >= 4 is 45.5 Å². The van der Waals surface area contributed by atoms with Crippen molar-refractivity contribution in [2.24, 2.45) is 16.8 Å². The number of furan rings is 1. The number of hydrogen-bond donors (Lipinski definition) is 0. The van der Waals surface area contributed by atoms with Gasteiger partial charge in [-0.1, -0.05) is 64.5 Å². The highest BCUT2D eigenvalue weighted by Gasteiger charge is 2.68. The van der Waals surface area contributed by atoms with Crippen LogP contribution in [-0.4, -0.2) is 18.0 Å². The predicted octanol–water partition coefficient (Wildman–Crippen LogP) is 6.48. The largest absolute Gasteiger partial charge is 0.442 e. The Bertz CT molecular complexity index is 1730. The van der Waals surface area contributed by atoms with Gasteiger partial charge in [-0.25, -0.2) is 9.89 Å². The molecule has 1 saturated heterocycles. The predicted molar refractivity (Wildman–Crippen MR) is 150 cm³/mol. The summed E-state index contributed by atoms with van der Waals surface area (Å²) in [6, 6.07) is 25.5. The Hall–Kier alpha value is -4.28.